The molecule has 5 heteroatoms. The number of carboxylic acids is 1. The van der Waals surface area contributed by atoms with Crippen molar-refractivity contribution in [3.8, 4) is 0 Å². The summed E-state index contributed by atoms with van der Waals surface area (Å²) in [4.78, 5) is 26.5. The molecule has 0 saturated heterocycles. The van der Waals surface area contributed by atoms with Gasteiger partial charge in [0.1, 0.15) is 0 Å². The third-order valence-corrected chi connectivity index (χ3v) is 3.58. The maximum Gasteiger partial charge on any atom is 0.330 e. The van der Waals surface area contributed by atoms with Crippen LogP contribution < -0.4 is 5.32 Å². The summed E-state index contributed by atoms with van der Waals surface area (Å²) in [6, 6.07) is 4.31. The minimum atomic E-state index is -1.08. The van der Waals surface area contributed by atoms with Gasteiger partial charge in [-0.25, -0.2) is 4.79 Å². The molecule has 2 aromatic rings. The van der Waals surface area contributed by atoms with Gasteiger partial charge in [0.15, 0.2) is 6.04 Å². The van der Waals surface area contributed by atoms with Crippen molar-refractivity contribution in [2.24, 2.45) is 0 Å². The van der Waals surface area contributed by atoms with Crippen molar-refractivity contribution >= 4 is 11.9 Å². The van der Waals surface area contributed by atoms with Crippen molar-refractivity contribution in [1.29, 1.82) is 0 Å². The Kier molecular flexibility index (Phi) is 4.12. The fourth-order valence-electron chi connectivity index (χ4n) is 2.13. The van der Waals surface area contributed by atoms with Crippen molar-refractivity contribution in [1.82, 2.24) is 10.3 Å². The smallest absolute Gasteiger partial charge is 0.330 e. The highest BCUT2D eigenvalue weighted by atomic mass is 16.4. The predicted octanol–water partition coefficient (Wildman–Crippen LogP) is 2.50. The Bertz CT molecular complexity index is 689. The first-order valence-corrected chi connectivity index (χ1v) is 6.64. The van der Waals surface area contributed by atoms with Gasteiger partial charge in [-0.3, -0.25) is 4.79 Å². The molecular weight excluding hydrogens is 268 g/mol. The van der Waals surface area contributed by atoms with Gasteiger partial charge in [0.25, 0.3) is 5.91 Å². The highest BCUT2D eigenvalue weighted by Crippen LogP contribution is 2.18. The topological polar surface area (TPSA) is 82.2 Å². The molecule has 0 aliphatic carbocycles. The van der Waals surface area contributed by atoms with Gasteiger partial charge in [-0.2, -0.15) is 0 Å². The molecule has 1 aromatic carbocycles. The van der Waals surface area contributed by atoms with Crippen LogP contribution in [-0.4, -0.2) is 22.0 Å². The number of carbonyl (C=O) groups excluding carboxylic acids is 1. The molecule has 0 aliphatic rings. The molecule has 110 valence electrons. The number of hydrogen-bond donors (Lipinski definition) is 3. The number of amides is 1. The molecule has 0 saturated carbocycles. The zero-order valence-corrected chi connectivity index (χ0v) is 12.2. The number of carbonyl (C=O) groups is 2. The number of aryl methyl sites for hydroxylation is 3. The van der Waals surface area contributed by atoms with E-state index in [9.17, 15) is 14.7 Å². The van der Waals surface area contributed by atoms with Crippen LogP contribution in [0.15, 0.2) is 30.6 Å². The van der Waals surface area contributed by atoms with Crippen molar-refractivity contribution < 1.29 is 14.7 Å². The molecule has 0 radical (unpaired) electrons. The van der Waals surface area contributed by atoms with Crippen molar-refractivity contribution in [2.45, 2.75) is 26.8 Å². The lowest BCUT2D eigenvalue weighted by Crippen LogP contribution is -2.34. The third kappa shape index (κ3) is 3.13. The number of nitrogens with one attached hydrogen (secondary N) is 2. The maximum atomic E-state index is 12.2. The summed E-state index contributed by atoms with van der Waals surface area (Å²) in [7, 11) is 0. The van der Waals surface area contributed by atoms with E-state index in [2.05, 4.69) is 10.3 Å². The number of carboxylic acid groups (broad SMARTS) is 1. The summed E-state index contributed by atoms with van der Waals surface area (Å²) < 4.78 is 0. The van der Waals surface area contributed by atoms with E-state index in [0.717, 1.165) is 16.7 Å². The maximum absolute atomic E-state index is 12.2. The quantitative estimate of drug-likeness (QED) is 0.807. The molecule has 5 nitrogen and oxygen atoms in total. The van der Waals surface area contributed by atoms with E-state index < -0.39 is 17.9 Å². The molecule has 1 atom stereocenters. The van der Waals surface area contributed by atoms with Gasteiger partial charge in [-0.05, 0) is 43.0 Å². The van der Waals surface area contributed by atoms with E-state index in [4.69, 9.17) is 0 Å². The Balaban J connectivity index is 2.28. The van der Waals surface area contributed by atoms with Crippen molar-refractivity contribution in [3.05, 3.63) is 58.4 Å². The first-order valence-electron chi connectivity index (χ1n) is 6.64. The molecule has 2 rings (SSSR count). The minimum Gasteiger partial charge on any atom is -0.479 e. The monoisotopic (exact) mass is 286 g/mol. The summed E-state index contributed by atoms with van der Waals surface area (Å²) >= 11 is 0. The third-order valence-electron chi connectivity index (χ3n) is 3.58. The molecule has 0 fully saturated rings. The summed E-state index contributed by atoms with van der Waals surface area (Å²) in [6.45, 7) is 5.66. The Hall–Kier alpha value is -2.56. The van der Waals surface area contributed by atoms with Crippen LogP contribution in [0, 0.1) is 20.8 Å². The number of rotatable bonds is 4. The number of hydrogen-bond acceptors (Lipinski definition) is 2. The van der Waals surface area contributed by atoms with Crippen LogP contribution in [0.1, 0.15) is 38.7 Å². The number of aromatic amines is 1. The van der Waals surface area contributed by atoms with Crippen molar-refractivity contribution in [3.63, 3.8) is 0 Å². The van der Waals surface area contributed by atoms with Crippen LogP contribution in [0.3, 0.4) is 0 Å². The second-order valence-corrected chi connectivity index (χ2v) is 5.14. The second-order valence-electron chi connectivity index (χ2n) is 5.14. The first-order chi connectivity index (χ1) is 9.90. The molecule has 1 heterocycles. The van der Waals surface area contributed by atoms with Crippen LogP contribution in [0.25, 0.3) is 0 Å². The molecule has 1 unspecified atom stereocenters. The van der Waals surface area contributed by atoms with Gasteiger partial charge < -0.3 is 15.4 Å². The average Bonchev–Trinajstić information content (AvgIpc) is 2.85. The van der Waals surface area contributed by atoms with Gasteiger partial charge in [-0.1, -0.05) is 18.2 Å². The molecule has 21 heavy (non-hydrogen) atoms. The van der Waals surface area contributed by atoms with Crippen LogP contribution in [-0.2, 0) is 4.79 Å². The van der Waals surface area contributed by atoms with E-state index in [1.807, 2.05) is 19.9 Å². The Morgan fingerprint density at radius 2 is 1.81 bits per heavy atom. The standard InChI is InChI=1S/C16H18N2O3/c1-9-4-5-12(6-10(9)2)14(16(20)21)18-15(19)13-8-17-7-11(13)3/h4-8,14,17H,1-3H3,(H,18,19)(H,20,21). The van der Waals surface area contributed by atoms with Gasteiger partial charge >= 0.3 is 5.97 Å². The highest BCUT2D eigenvalue weighted by molar-refractivity contribution is 5.97. The highest BCUT2D eigenvalue weighted by Gasteiger charge is 2.23. The molecule has 0 aliphatic heterocycles. The number of benzene rings is 1. The van der Waals surface area contributed by atoms with E-state index in [0.29, 0.717) is 11.1 Å². The fraction of sp³-hybridized carbons (Fsp3) is 0.250. The normalized spacial score (nSPS) is 12.0. The van der Waals surface area contributed by atoms with Gasteiger partial charge in [0, 0.05) is 12.4 Å². The zero-order chi connectivity index (χ0) is 15.6. The molecular formula is C16H18N2O3. The van der Waals surface area contributed by atoms with Crippen LogP contribution in [0.4, 0.5) is 0 Å². The van der Waals surface area contributed by atoms with Gasteiger partial charge in [-0.15, -0.1) is 0 Å². The molecule has 1 amide bonds. The Morgan fingerprint density at radius 3 is 2.33 bits per heavy atom. The number of H-pyrrole nitrogens is 1. The molecule has 1 aromatic heterocycles. The summed E-state index contributed by atoms with van der Waals surface area (Å²) in [5.74, 6) is -1.49. The van der Waals surface area contributed by atoms with Gasteiger partial charge in [0.05, 0.1) is 5.56 Å². The van der Waals surface area contributed by atoms with E-state index in [-0.39, 0.29) is 0 Å². The second kappa shape index (κ2) is 5.83. The van der Waals surface area contributed by atoms with Crippen LogP contribution >= 0.6 is 0 Å². The fourth-order valence-corrected chi connectivity index (χ4v) is 2.13. The minimum absolute atomic E-state index is 0.403. The summed E-state index contributed by atoms with van der Waals surface area (Å²) in [5.41, 5.74) is 3.86. The zero-order valence-electron chi connectivity index (χ0n) is 12.2. The Morgan fingerprint density at radius 1 is 1.10 bits per heavy atom. The Labute approximate surface area is 123 Å². The lowest BCUT2D eigenvalue weighted by molar-refractivity contribution is -0.139. The molecule has 0 bridgehead atoms. The average molecular weight is 286 g/mol. The predicted molar refractivity (Wildman–Crippen MR) is 79.3 cm³/mol. The number of aliphatic carboxylic acids is 1. The van der Waals surface area contributed by atoms with Gasteiger partial charge in [0.2, 0.25) is 0 Å². The van der Waals surface area contributed by atoms with Crippen LogP contribution in [0.2, 0.25) is 0 Å². The largest absolute Gasteiger partial charge is 0.479 e. The first kappa shape index (κ1) is 14.8. The SMILES string of the molecule is Cc1ccc(C(NC(=O)c2c[nH]cc2C)C(=O)O)cc1C. The number of aromatic nitrogens is 1. The summed E-state index contributed by atoms with van der Waals surface area (Å²) in [5, 5.41) is 11.9. The van der Waals surface area contributed by atoms with E-state index in [1.54, 1.807) is 31.5 Å². The van der Waals surface area contributed by atoms with Crippen LogP contribution in [0.5, 0.6) is 0 Å². The molecule has 3 N–H and O–H groups in total. The summed E-state index contributed by atoms with van der Waals surface area (Å²) in [6.07, 6.45) is 3.25. The lowest BCUT2D eigenvalue weighted by atomic mass is 10.0. The van der Waals surface area contributed by atoms with E-state index in [1.165, 1.54) is 0 Å². The molecule has 0 spiro atoms. The van der Waals surface area contributed by atoms with Crippen molar-refractivity contribution in [2.75, 3.05) is 0 Å². The van der Waals surface area contributed by atoms with E-state index >= 15 is 0 Å². The lowest BCUT2D eigenvalue weighted by Gasteiger charge is -2.16.